The SMILES string of the molecule is O[C@H]1CCCOc2c(Br)cc(F)cc21. The van der Waals surface area contributed by atoms with E-state index in [0.717, 1.165) is 6.42 Å². The van der Waals surface area contributed by atoms with Crippen molar-refractivity contribution in [1.82, 2.24) is 0 Å². The second-order valence-electron chi connectivity index (χ2n) is 3.31. The smallest absolute Gasteiger partial charge is 0.139 e. The lowest BCUT2D eigenvalue weighted by Crippen LogP contribution is -1.98. The molecule has 0 amide bonds. The molecule has 2 rings (SSSR count). The van der Waals surface area contributed by atoms with Gasteiger partial charge in [-0.1, -0.05) is 0 Å². The van der Waals surface area contributed by atoms with Crippen molar-refractivity contribution in [3.63, 3.8) is 0 Å². The van der Waals surface area contributed by atoms with Crippen molar-refractivity contribution < 1.29 is 14.2 Å². The van der Waals surface area contributed by atoms with Gasteiger partial charge >= 0.3 is 0 Å². The van der Waals surface area contributed by atoms with Crippen LogP contribution in [0.5, 0.6) is 5.75 Å². The zero-order valence-corrected chi connectivity index (χ0v) is 9.05. The summed E-state index contributed by atoms with van der Waals surface area (Å²) < 4.78 is 19.1. The third-order valence-electron chi connectivity index (χ3n) is 2.26. The number of aliphatic hydroxyl groups is 1. The average Bonchev–Trinajstić information content (AvgIpc) is 2.29. The fourth-order valence-electron chi connectivity index (χ4n) is 1.59. The number of aliphatic hydroxyl groups excluding tert-OH is 1. The van der Waals surface area contributed by atoms with Crippen LogP contribution < -0.4 is 4.74 Å². The molecule has 0 bridgehead atoms. The van der Waals surface area contributed by atoms with Gasteiger partial charge in [0.15, 0.2) is 0 Å². The predicted molar refractivity (Wildman–Crippen MR) is 53.8 cm³/mol. The Morgan fingerprint density at radius 1 is 1.50 bits per heavy atom. The number of hydrogen-bond acceptors (Lipinski definition) is 2. The molecule has 1 aliphatic heterocycles. The fraction of sp³-hybridized carbons (Fsp3) is 0.400. The molecule has 0 radical (unpaired) electrons. The van der Waals surface area contributed by atoms with Crippen LogP contribution in [0, 0.1) is 5.82 Å². The van der Waals surface area contributed by atoms with Crippen LogP contribution in [-0.2, 0) is 0 Å². The largest absolute Gasteiger partial charge is 0.492 e. The molecule has 1 aromatic rings. The van der Waals surface area contributed by atoms with E-state index in [4.69, 9.17) is 4.74 Å². The second kappa shape index (κ2) is 3.87. The van der Waals surface area contributed by atoms with Crippen molar-refractivity contribution in [2.75, 3.05) is 6.61 Å². The number of benzene rings is 1. The molecule has 14 heavy (non-hydrogen) atoms. The molecule has 0 fully saturated rings. The van der Waals surface area contributed by atoms with Crippen molar-refractivity contribution in [3.8, 4) is 5.75 Å². The monoisotopic (exact) mass is 260 g/mol. The summed E-state index contributed by atoms with van der Waals surface area (Å²) in [4.78, 5) is 0. The van der Waals surface area contributed by atoms with Gasteiger partial charge in [-0.2, -0.15) is 0 Å². The summed E-state index contributed by atoms with van der Waals surface area (Å²) in [6.07, 6.45) is 0.770. The number of rotatable bonds is 0. The predicted octanol–water partition coefficient (Wildman–Crippen LogP) is 2.79. The summed E-state index contributed by atoms with van der Waals surface area (Å²) >= 11 is 3.22. The van der Waals surface area contributed by atoms with Gasteiger partial charge in [0.2, 0.25) is 0 Å². The van der Waals surface area contributed by atoms with Crippen molar-refractivity contribution in [3.05, 3.63) is 28.0 Å². The Bertz CT molecular complexity index is 354. The third-order valence-corrected chi connectivity index (χ3v) is 2.85. The second-order valence-corrected chi connectivity index (χ2v) is 4.17. The summed E-state index contributed by atoms with van der Waals surface area (Å²) in [6.45, 7) is 0.564. The number of halogens is 2. The Morgan fingerprint density at radius 3 is 3.07 bits per heavy atom. The van der Waals surface area contributed by atoms with Crippen molar-refractivity contribution in [2.24, 2.45) is 0 Å². The normalized spacial score (nSPS) is 20.9. The minimum absolute atomic E-state index is 0.361. The summed E-state index contributed by atoms with van der Waals surface area (Å²) in [5.74, 6) is 0.205. The molecule has 76 valence electrons. The van der Waals surface area contributed by atoms with Crippen molar-refractivity contribution in [2.45, 2.75) is 18.9 Å². The van der Waals surface area contributed by atoms with E-state index >= 15 is 0 Å². The van der Waals surface area contributed by atoms with Crippen LogP contribution in [0.1, 0.15) is 24.5 Å². The molecule has 0 saturated carbocycles. The first kappa shape index (κ1) is 9.93. The van der Waals surface area contributed by atoms with Crippen LogP contribution in [-0.4, -0.2) is 11.7 Å². The zero-order valence-electron chi connectivity index (χ0n) is 7.46. The quantitative estimate of drug-likeness (QED) is 0.778. The molecule has 4 heteroatoms. The minimum atomic E-state index is -0.625. The van der Waals surface area contributed by atoms with Crippen LogP contribution >= 0.6 is 15.9 Å². The minimum Gasteiger partial charge on any atom is -0.492 e. The highest BCUT2D eigenvalue weighted by Gasteiger charge is 2.20. The Hall–Kier alpha value is -0.610. The first-order valence-corrected chi connectivity index (χ1v) is 5.27. The van der Waals surface area contributed by atoms with E-state index in [1.54, 1.807) is 0 Å². The lowest BCUT2D eigenvalue weighted by Gasteiger charge is -2.12. The van der Waals surface area contributed by atoms with Gasteiger partial charge in [-0.05, 0) is 40.9 Å². The number of fused-ring (bicyclic) bond motifs is 1. The molecule has 0 aromatic heterocycles. The molecular weight excluding hydrogens is 251 g/mol. The molecule has 0 unspecified atom stereocenters. The Balaban J connectivity index is 2.53. The topological polar surface area (TPSA) is 29.5 Å². The molecule has 1 N–H and O–H groups in total. The van der Waals surface area contributed by atoms with Gasteiger partial charge in [0, 0.05) is 5.56 Å². The highest BCUT2D eigenvalue weighted by atomic mass is 79.9. The molecular formula is C10H10BrFO2. The maximum atomic E-state index is 13.1. The van der Waals surface area contributed by atoms with Crippen LogP contribution in [0.2, 0.25) is 0 Å². The molecule has 0 aliphatic carbocycles. The maximum Gasteiger partial charge on any atom is 0.139 e. The number of hydrogen-bond donors (Lipinski definition) is 1. The number of ether oxygens (including phenoxy) is 1. The summed E-state index contributed by atoms with van der Waals surface area (Å²) in [5, 5.41) is 9.72. The average molecular weight is 261 g/mol. The molecule has 1 heterocycles. The molecule has 1 aliphatic rings. The highest BCUT2D eigenvalue weighted by molar-refractivity contribution is 9.10. The van der Waals surface area contributed by atoms with E-state index in [2.05, 4.69) is 15.9 Å². The highest BCUT2D eigenvalue weighted by Crippen LogP contribution is 2.37. The first-order valence-electron chi connectivity index (χ1n) is 4.48. The van der Waals surface area contributed by atoms with Crippen molar-refractivity contribution >= 4 is 15.9 Å². The maximum absolute atomic E-state index is 13.1. The molecule has 2 nitrogen and oxygen atoms in total. The van der Waals surface area contributed by atoms with Gasteiger partial charge in [0.1, 0.15) is 11.6 Å². The van der Waals surface area contributed by atoms with Crippen LogP contribution in [0.3, 0.4) is 0 Å². The van der Waals surface area contributed by atoms with Gasteiger partial charge in [0.05, 0.1) is 17.2 Å². The molecule has 1 aromatic carbocycles. The van der Waals surface area contributed by atoms with E-state index in [-0.39, 0.29) is 5.82 Å². The molecule has 1 atom stereocenters. The van der Waals surface area contributed by atoms with Gasteiger partial charge in [-0.25, -0.2) is 4.39 Å². The lowest BCUT2D eigenvalue weighted by atomic mass is 10.1. The van der Waals surface area contributed by atoms with E-state index in [0.29, 0.717) is 28.8 Å². The van der Waals surface area contributed by atoms with Gasteiger partial charge in [0.25, 0.3) is 0 Å². The van der Waals surface area contributed by atoms with Gasteiger partial charge in [-0.3, -0.25) is 0 Å². The third kappa shape index (κ3) is 1.77. The standard InChI is InChI=1S/C10H10BrFO2/c11-8-5-6(12)4-7-9(13)2-1-3-14-10(7)8/h4-5,9,13H,1-3H2/t9-/m0/s1. The van der Waals surface area contributed by atoms with Gasteiger partial charge < -0.3 is 9.84 Å². The van der Waals surface area contributed by atoms with Crippen molar-refractivity contribution in [1.29, 1.82) is 0 Å². The van der Waals surface area contributed by atoms with E-state index in [9.17, 15) is 9.50 Å². The van der Waals surface area contributed by atoms with Crippen LogP contribution in [0.4, 0.5) is 4.39 Å². The summed E-state index contributed by atoms with van der Waals surface area (Å²) in [5.41, 5.74) is 0.536. The first-order chi connectivity index (χ1) is 6.68. The molecule has 0 spiro atoms. The Labute approximate surface area is 89.8 Å². The zero-order chi connectivity index (χ0) is 10.1. The van der Waals surface area contributed by atoms with Gasteiger partial charge in [-0.15, -0.1) is 0 Å². The van der Waals surface area contributed by atoms with E-state index < -0.39 is 6.10 Å². The van der Waals surface area contributed by atoms with Crippen LogP contribution in [0.15, 0.2) is 16.6 Å². The summed E-state index contributed by atoms with van der Waals surface area (Å²) in [6, 6.07) is 2.67. The lowest BCUT2D eigenvalue weighted by molar-refractivity contribution is 0.167. The Kier molecular flexibility index (Phi) is 2.74. The molecule has 0 saturated heterocycles. The van der Waals surface area contributed by atoms with E-state index in [1.165, 1.54) is 12.1 Å². The Morgan fingerprint density at radius 2 is 2.29 bits per heavy atom. The summed E-state index contributed by atoms with van der Waals surface area (Å²) in [7, 11) is 0. The van der Waals surface area contributed by atoms with Crippen LogP contribution in [0.25, 0.3) is 0 Å². The fourth-order valence-corrected chi connectivity index (χ4v) is 2.15. The van der Waals surface area contributed by atoms with E-state index in [1.807, 2.05) is 0 Å².